The van der Waals surface area contributed by atoms with Gasteiger partial charge in [0.15, 0.2) is 0 Å². The SMILES string of the molecule is CCC(=O)Nc1cccc(Cl)c1COc1ccc(CC)cc1Br. The summed E-state index contributed by atoms with van der Waals surface area (Å²) in [6, 6.07) is 11.4. The van der Waals surface area contributed by atoms with Crippen LogP contribution in [0.2, 0.25) is 5.02 Å². The molecule has 5 heteroatoms. The highest BCUT2D eigenvalue weighted by Gasteiger charge is 2.11. The second-order valence-electron chi connectivity index (χ2n) is 5.07. The molecule has 0 fully saturated rings. The van der Waals surface area contributed by atoms with Gasteiger partial charge in [-0.05, 0) is 52.2 Å². The van der Waals surface area contributed by atoms with E-state index in [0.717, 1.165) is 22.2 Å². The van der Waals surface area contributed by atoms with Crippen LogP contribution >= 0.6 is 27.5 Å². The van der Waals surface area contributed by atoms with Crippen LogP contribution in [0.1, 0.15) is 31.4 Å². The predicted molar refractivity (Wildman–Crippen MR) is 98.2 cm³/mol. The molecule has 3 nitrogen and oxygen atoms in total. The molecular weight excluding hydrogens is 378 g/mol. The lowest BCUT2D eigenvalue weighted by molar-refractivity contribution is -0.115. The molecule has 0 aliphatic rings. The number of nitrogens with one attached hydrogen (secondary N) is 1. The van der Waals surface area contributed by atoms with E-state index in [1.54, 1.807) is 6.07 Å². The molecule has 1 amide bonds. The zero-order valence-electron chi connectivity index (χ0n) is 13.2. The van der Waals surface area contributed by atoms with E-state index in [2.05, 4.69) is 28.2 Å². The number of ether oxygens (including phenoxy) is 1. The van der Waals surface area contributed by atoms with Gasteiger partial charge in [-0.1, -0.05) is 37.6 Å². The molecule has 2 aromatic rings. The van der Waals surface area contributed by atoms with E-state index in [1.165, 1.54) is 5.56 Å². The standard InChI is InChI=1S/C18H19BrClNO2/c1-3-12-8-9-17(14(19)10-12)23-11-13-15(20)6-5-7-16(13)21-18(22)4-2/h5-10H,3-4,11H2,1-2H3,(H,21,22). The first kappa shape index (κ1) is 17.8. The van der Waals surface area contributed by atoms with Crippen LogP contribution in [0.3, 0.4) is 0 Å². The molecule has 1 N–H and O–H groups in total. The number of amides is 1. The molecule has 0 bridgehead atoms. The van der Waals surface area contributed by atoms with Gasteiger partial charge in [-0.15, -0.1) is 0 Å². The zero-order chi connectivity index (χ0) is 16.8. The van der Waals surface area contributed by atoms with Crippen LogP contribution in [0.5, 0.6) is 5.75 Å². The van der Waals surface area contributed by atoms with Gasteiger partial charge in [0, 0.05) is 22.7 Å². The number of anilines is 1. The largest absolute Gasteiger partial charge is 0.488 e. The average Bonchev–Trinajstić information content (AvgIpc) is 2.55. The first-order valence-electron chi connectivity index (χ1n) is 7.53. The Morgan fingerprint density at radius 2 is 2.04 bits per heavy atom. The van der Waals surface area contributed by atoms with Crippen molar-refractivity contribution >= 4 is 39.1 Å². The summed E-state index contributed by atoms with van der Waals surface area (Å²) < 4.78 is 6.78. The lowest BCUT2D eigenvalue weighted by atomic mass is 10.1. The van der Waals surface area contributed by atoms with Crippen molar-refractivity contribution in [3.05, 3.63) is 57.0 Å². The first-order valence-corrected chi connectivity index (χ1v) is 8.70. The number of carbonyl (C=O) groups is 1. The fourth-order valence-corrected chi connectivity index (χ4v) is 2.86. The molecule has 0 saturated heterocycles. The van der Waals surface area contributed by atoms with Crippen LogP contribution in [-0.4, -0.2) is 5.91 Å². The van der Waals surface area contributed by atoms with Gasteiger partial charge in [0.05, 0.1) is 4.47 Å². The summed E-state index contributed by atoms with van der Waals surface area (Å²) >= 11 is 9.79. The Hall–Kier alpha value is -1.52. The molecule has 0 unspecified atom stereocenters. The normalized spacial score (nSPS) is 10.4. The van der Waals surface area contributed by atoms with Gasteiger partial charge < -0.3 is 10.1 Å². The van der Waals surface area contributed by atoms with E-state index in [1.807, 2.05) is 37.3 Å². The number of aryl methyl sites for hydroxylation is 1. The number of hydrogen-bond acceptors (Lipinski definition) is 2. The molecule has 0 aliphatic carbocycles. The highest BCUT2D eigenvalue weighted by Crippen LogP contribution is 2.30. The van der Waals surface area contributed by atoms with Crippen molar-refractivity contribution in [1.29, 1.82) is 0 Å². The molecule has 122 valence electrons. The molecule has 0 saturated carbocycles. The van der Waals surface area contributed by atoms with E-state index in [9.17, 15) is 4.79 Å². The molecule has 0 aliphatic heterocycles. The Labute approximate surface area is 150 Å². The Morgan fingerprint density at radius 1 is 1.26 bits per heavy atom. The third-order valence-electron chi connectivity index (χ3n) is 3.49. The highest BCUT2D eigenvalue weighted by atomic mass is 79.9. The molecule has 2 rings (SSSR count). The van der Waals surface area contributed by atoms with Crippen LogP contribution in [0, 0.1) is 0 Å². The molecule has 0 radical (unpaired) electrons. The molecule has 0 atom stereocenters. The Balaban J connectivity index is 2.18. The van der Waals surface area contributed by atoms with Gasteiger partial charge in [0.25, 0.3) is 0 Å². The zero-order valence-corrected chi connectivity index (χ0v) is 15.5. The number of carbonyl (C=O) groups excluding carboxylic acids is 1. The van der Waals surface area contributed by atoms with Gasteiger partial charge in [-0.2, -0.15) is 0 Å². The quantitative estimate of drug-likeness (QED) is 0.691. The molecule has 0 spiro atoms. The maximum Gasteiger partial charge on any atom is 0.224 e. The van der Waals surface area contributed by atoms with Crippen molar-refractivity contribution in [2.45, 2.75) is 33.3 Å². The van der Waals surface area contributed by atoms with Gasteiger partial charge in [0.1, 0.15) is 12.4 Å². The maximum atomic E-state index is 11.6. The molecule has 0 heterocycles. The van der Waals surface area contributed by atoms with Gasteiger partial charge >= 0.3 is 0 Å². The highest BCUT2D eigenvalue weighted by molar-refractivity contribution is 9.10. The van der Waals surface area contributed by atoms with Crippen molar-refractivity contribution in [3.63, 3.8) is 0 Å². The van der Waals surface area contributed by atoms with Gasteiger partial charge in [-0.25, -0.2) is 0 Å². The summed E-state index contributed by atoms with van der Waals surface area (Å²) in [6.07, 6.45) is 1.38. The number of rotatable bonds is 6. The van der Waals surface area contributed by atoms with Crippen LogP contribution in [0.15, 0.2) is 40.9 Å². The second-order valence-corrected chi connectivity index (χ2v) is 6.34. The van der Waals surface area contributed by atoms with Gasteiger partial charge in [0.2, 0.25) is 5.91 Å². The summed E-state index contributed by atoms with van der Waals surface area (Å²) in [6.45, 7) is 4.19. The smallest absolute Gasteiger partial charge is 0.224 e. The fourth-order valence-electron chi connectivity index (χ4n) is 2.09. The minimum atomic E-state index is -0.0537. The molecule has 0 aromatic heterocycles. The minimum absolute atomic E-state index is 0.0537. The van der Waals surface area contributed by atoms with E-state index in [-0.39, 0.29) is 12.5 Å². The van der Waals surface area contributed by atoms with Crippen molar-refractivity contribution in [2.24, 2.45) is 0 Å². The van der Waals surface area contributed by atoms with Crippen molar-refractivity contribution < 1.29 is 9.53 Å². The minimum Gasteiger partial charge on any atom is -0.488 e. The summed E-state index contributed by atoms with van der Waals surface area (Å²) in [7, 11) is 0. The summed E-state index contributed by atoms with van der Waals surface area (Å²) in [5.41, 5.74) is 2.69. The molecule has 2 aromatic carbocycles. The fraction of sp³-hybridized carbons (Fsp3) is 0.278. The van der Waals surface area contributed by atoms with Crippen LogP contribution < -0.4 is 10.1 Å². The Bertz CT molecular complexity index is 703. The van der Waals surface area contributed by atoms with Gasteiger partial charge in [-0.3, -0.25) is 4.79 Å². The second kappa shape index (κ2) is 8.37. The summed E-state index contributed by atoms with van der Waals surface area (Å²) in [5, 5.41) is 3.42. The third kappa shape index (κ3) is 4.72. The molecular formula is C18H19BrClNO2. The first-order chi connectivity index (χ1) is 11.0. The number of benzene rings is 2. The Kier molecular flexibility index (Phi) is 6.48. The van der Waals surface area contributed by atoms with Crippen LogP contribution in [0.25, 0.3) is 0 Å². The lowest BCUT2D eigenvalue weighted by Crippen LogP contribution is -2.12. The van der Waals surface area contributed by atoms with E-state index in [4.69, 9.17) is 16.3 Å². The topological polar surface area (TPSA) is 38.3 Å². The average molecular weight is 397 g/mol. The van der Waals surface area contributed by atoms with Crippen molar-refractivity contribution in [3.8, 4) is 5.75 Å². The Morgan fingerprint density at radius 3 is 2.70 bits per heavy atom. The number of halogens is 2. The van der Waals surface area contributed by atoms with E-state index in [0.29, 0.717) is 17.1 Å². The van der Waals surface area contributed by atoms with Crippen LogP contribution in [-0.2, 0) is 17.8 Å². The number of hydrogen-bond donors (Lipinski definition) is 1. The lowest BCUT2D eigenvalue weighted by Gasteiger charge is -2.14. The van der Waals surface area contributed by atoms with Crippen molar-refractivity contribution in [1.82, 2.24) is 0 Å². The third-order valence-corrected chi connectivity index (χ3v) is 4.46. The molecule has 23 heavy (non-hydrogen) atoms. The van der Waals surface area contributed by atoms with E-state index >= 15 is 0 Å². The summed E-state index contributed by atoms with van der Waals surface area (Å²) in [4.78, 5) is 11.6. The monoisotopic (exact) mass is 395 g/mol. The van der Waals surface area contributed by atoms with E-state index < -0.39 is 0 Å². The predicted octanol–water partition coefficient (Wildman–Crippen LogP) is 5.59. The summed E-state index contributed by atoms with van der Waals surface area (Å²) in [5.74, 6) is 0.692. The van der Waals surface area contributed by atoms with Crippen molar-refractivity contribution in [2.75, 3.05) is 5.32 Å². The maximum absolute atomic E-state index is 11.6. The van der Waals surface area contributed by atoms with Crippen LogP contribution in [0.4, 0.5) is 5.69 Å².